The van der Waals surface area contributed by atoms with Gasteiger partial charge in [0.25, 0.3) is 0 Å². The molecule has 4 rings (SSSR count). The zero-order chi connectivity index (χ0) is 19.8. The maximum Gasteiger partial charge on any atom is 0.248 e. The number of carbonyl (C=O) groups excluding carboxylic acids is 1. The fourth-order valence-corrected chi connectivity index (χ4v) is 3.94. The van der Waals surface area contributed by atoms with Crippen molar-refractivity contribution in [3.8, 4) is 11.3 Å². The number of benzene rings is 1. The Morgan fingerprint density at radius 1 is 1.18 bits per heavy atom. The van der Waals surface area contributed by atoms with Crippen LogP contribution in [0, 0.1) is 0 Å². The molecule has 4 aromatic rings. The lowest BCUT2D eigenvalue weighted by atomic mass is 10.2. The molecule has 1 N–H and O–H groups in total. The second kappa shape index (κ2) is 7.20. The van der Waals surface area contributed by atoms with E-state index < -0.39 is 6.04 Å². The van der Waals surface area contributed by atoms with E-state index in [9.17, 15) is 4.79 Å². The average molecular weight is 395 g/mol. The number of hydrogen-bond acceptors (Lipinski definition) is 5. The predicted octanol–water partition coefficient (Wildman–Crippen LogP) is 4.22. The number of imidazole rings is 1. The molecule has 0 aliphatic heterocycles. The number of para-hydroxylation sites is 2. The molecule has 0 bridgehead atoms. The van der Waals surface area contributed by atoms with Gasteiger partial charge in [-0.2, -0.15) is 5.10 Å². The van der Waals surface area contributed by atoms with E-state index in [-0.39, 0.29) is 11.8 Å². The van der Waals surface area contributed by atoms with Crippen LogP contribution in [0.3, 0.4) is 0 Å². The fraction of sp³-hybridized carbons (Fsp3) is 0.300. The van der Waals surface area contributed by atoms with Crippen molar-refractivity contribution in [3.05, 3.63) is 47.9 Å². The first-order valence-electron chi connectivity index (χ1n) is 9.16. The third-order valence-electron chi connectivity index (χ3n) is 4.64. The Balaban J connectivity index is 1.60. The molecule has 0 saturated heterocycles. The number of nitrogens with zero attached hydrogens (tertiary/aromatic N) is 5. The lowest BCUT2D eigenvalue weighted by Gasteiger charge is -2.18. The third-order valence-corrected chi connectivity index (χ3v) is 5.40. The van der Waals surface area contributed by atoms with E-state index in [4.69, 9.17) is 4.98 Å². The quantitative estimate of drug-likeness (QED) is 0.550. The highest BCUT2D eigenvalue weighted by Crippen LogP contribution is 2.28. The highest BCUT2D eigenvalue weighted by atomic mass is 32.1. The molecule has 1 amide bonds. The fourth-order valence-electron chi connectivity index (χ4n) is 3.22. The second-order valence-corrected chi connectivity index (χ2v) is 7.95. The molecule has 1 atom stereocenters. The molecule has 0 radical (unpaired) electrons. The van der Waals surface area contributed by atoms with Crippen LogP contribution in [-0.2, 0) is 11.8 Å². The van der Waals surface area contributed by atoms with Crippen molar-refractivity contribution in [2.45, 2.75) is 32.7 Å². The summed E-state index contributed by atoms with van der Waals surface area (Å²) in [7, 11) is 1.86. The molecule has 0 saturated carbocycles. The average Bonchev–Trinajstić information content (AvgIpc) is 3.38. The van der Waals surface area contributed by atoms with Gasteiger partial charge in [-0.25, -0.2) is 9.97 Å². The Hall–Kier alpha value is -3.00. The van der Waals surface area contributed by atoms with Gasteiger partial charge in [0.1, 0.15) is 11.9 Å². The second-order valence-electron chi connectivity index (χ2n) is 7.09. The van der Waals surface area contributed by atoms with Crippen LogP contribution in [0.15, 0.2) is 42.0 Å². The van der Waals surface area contributed by atoms with Gasteiger partial charge in [-0.1, -0.05) is 26.0 Å². The summed E-state index contributed by atoms with van der Waals surface area (Å²) in [4.78, 5) is 22.2. The lowest BCUT2D eigenvalue weighted by Crippen LogP contribution is -2.25. The number of hydrogen-bond donors (Lipinski definition) is 1. The van der Waals surface area contributed by atoms with Gasteiger partial charge in [0.2, 0.25) is 5.91 Å². The molecule has 7 nitrogen and oxygen atoms in total. The number of thiazole rings is 1. The molecule has 0 fully saturated rings. The Morgan fingerprint density at radius 2 is 1.96 bits per heavy atom. The molecule has 8 heteroatoms. The van der Waals surface area contributed by atoms with E-state index in [1.807, 2.05) is 54.4 Å². The van der Waals surface area contributed by atoms with Crippen LogP contribution in [0.2, 0.25) is 0 Å². The van der Waals surface area contributed by atoms with Gasteiger partial charge in [0.05, 0.1) is 22.9 Å². The van der Waals surface area contributed by atoms with Gasteiger partial charge < -0.3 is 9.88 Å². The monoisotopic (exact) mass is 394 g/mol. The highest BCUT2D eigenvalue weighted by Gasteiger charge is 2.23. The maximum absolute atomic E-state index is 13.0. The number of aromatic nitrogens is 5. The minimum absolute atomic E-state index is 0.114. The van der Waals surface area contributed by atoms with Crippen LogP contribution in [0.1, 0.15) is 38.6 Å². The Labute approximate surface area is 167 Å². The first-order valence-corrected chi connectivity index (χ1v) is 10.0. The van der Waals surface area contributed by atoms with Crippen LogP contribution >= 0.6 is 11.3 Å². The van der Waals surface area contributed by atoms with Crippen LogP contribution < -0.4 is 5.32 Å². The first kappa shape index (κ1) is 18.4. The molecule has 0 spiro atoms. The van der Waals surface area contributed by atoms with E-state index >= 15 is 0 Å². The number of carbonyl (C=O) groups is 1. The highest BCUT2D eigenvalue weighted by molar-refractivity contribution is 7.14. The van der Waals surface area contributed by atoms with Gasteiger partial charge in [-0.3, -0.25) is 9.48 Å². The number of rotatable bonds is 5. The summed E-state index contributed by atoms with van der Waals surface area (Å²) in [5, 5.41) is 9.61. The molecule has 28 heavy (non-hydrogen) atoms. The number of fused-ring (bicyclic) bond motifs is 1. The molecule has 0 aliphatic rings. The molecule has 0 aliphatic carbocycles. The van der Waals surface area contributed by atoms with Crippen LogP contribution in [0.5, 0.6) is 0 Å². The van der Waals surface area contributed by atoms with E-state index in [1.165, 1.54) is 11.3 Å². The minimum Gasteiger partial charge on any atom is -0.315 e. The van der Waals surface area contributed by atoms with Crippen LogP contribution in [0.25, 0.3) is 22.3 Å². The number of amides is 1. The van der Waals surface area contributed by atoms with E-state index in [0.29, 0.717) is 5.13 Å². The zero-order valence-corrected chi connectivity index (χ0v) is 17.1. The summed E-state index contributed by atoms with van der Waals surface area (Å²) in [5.74, 6) is 0.996. The zero-order valence-electron chi connectivity index (χ0n) is 16.2. The van der Waals surface area contributed by atoms with Gasteiger partial charge >= 0.3 is 0 Å². The van der Waals surface area contributed by atoms with Crippen LogP contribution in [-0.4, -0.2) is 30.2 Å². The Bertz CT molecular complexity index is 1140. The molecule has 1 aromatic carbocycles. The summed E-state index contributed by atoms with van der Waals surface area (Å²) in [6, 6.07) is 7.50. The topological polar surface area (TPSA) is 77.6 Å². The van der Waals surface area contributed by atoms with Gasteiger partial charge in [-0.15, -0.1) is 11.3 Å². The van der Waals surface area contributed by atoms with Crippen molar-refractivity contribution in [3.63, 3.8) is 0 Å². The largest absolute Gasteiger partial charge is 0.315 e. The Kier molecular flexibility index (Phi) is 4.72. The van der Waals surface area contributed by atoms with Crippen molar-refractivity contribution >= 4 is 33.4 Å². The first-order chi connectivity index (χ1) is 13.4. The number of anilines is 1. The molecular weight excluding hydrogens is 372 g/mol. The van der Waals surface area contributed by atoms with E-state index in [1.54, 1.807) is 10.9 Å². The number of nitrogens with one attached hydrogen (secondary N) is 1. The van der Waals surface area contributed by atoms with Gasteiger partial charge in [-0.05, 0) is 19.1 Å². The molecular formula is C20H22N6OS. The predicted molar refractivity (Wildman–Crippen MR) is 111 cm³/mol. The number of aryl methyl sites for hydroxylation is 1. The van der Waals surface area contributed by atoms with E-state index in [0.717, 1.165) is 28.1 Å². The molecule has 3 heterocycles. The lowest BCUT2D eigenvalue weighted by molar-refractivity contribution is -0.118. The minimum atomic E-state index is -0.407. The van der Waals surface area contributed by atoms with Crippen molar-refractivity contribution < 1.29 is 4.79 Å². The normalized spacial score (nSPS) is 12.6. The van der Waals surface area contributed by atoms with Crippen molar-refractivity contribution in [2.24, 2.45) is 7.05 Å². The van der Waals surface area contributed by atoms with Gasteiger partial charge in [0, 0.05) is 30.1 Å². The van der Waals surface area contributed by atoms with Crippen LogP contribution in [0.4, 0.5) is 5.13 Å². The van der Waals surface area contributed by atoms with Crippen molar-refractivity contribution in [2.75, 3.05) is 5.32 Å². The van der Waals surface area contributed by atoms with E-state index in [2.05, 4.69) is 29.2 Å². The summed E-state index contributed by atoms with van der Waals surface area (Å²) in [5.41, 5.74) is 3.59. The molecule has 0 unspecified atom stereocenters. The van der Waals surface area contributed by atoms with Crippen molar-refractivity contribution in [1.82, 2.24) is 24.3 Å². The van der Waals surface area contributed by atoms with Gasteiger partial charge in [0.15, 0.2) is 5.13 Å². The smallest absolute Gasteiger partial charge is 0.248 e. The Morgan fingerprint density at radius 3 is 2.68 bits per heavy atom. The summed E-state index contributed by atoms with van der Waals surface area (Å²) in [6.07, 6.45) is 3.66. The summed E-state index contributed by atoms with van der Waals surface area (Å²) >= 11 is 1.41. The maximum atomic E-state index is 13.0. The SMILES string of the molecule is CC(C)c1nc2ccccc2n1[C@@H](C)C(=O)Nc1nc(-c2cnn(C)c2)cs1. The summed E-state index contributed by atoms with van der Waals surface area (Å²) in [6.45, 7) is 6.07. The third kappa shape index (κ3) is 3.31. The van der Waals surface area contributed by atoms with Crippen molar-refractivity contribution in [1.29, 1.82) is 0 Å². The standard InChI is InChI=1S/C20H22N6OS/c1-12(2)18-22-15-7-5-6-8-17(15)26(18)13(3)19(27)24-20-23-16(11-28-20)14-9-21-25(4)10-14/h5-13H,1-4H3,(H,23,24,27)/t13-/m0/s1. The molecule has 3 aromatic heterocycles. The summed E-state index contributed by atoms with van der Waals surface area (Å²) < 4.78 is 3.75. The molecule has 144 valence electrons.